The van der Waals surface area contributed by atoms with Gasteiger partial charge in [-0.15, -0.1) is 0 Å². The molecule has 3 heterocycles. The summed E-state index contributed by atoms with van der Waals surface area (Å²) >= 11 is 6.15. The molecule has 2 aromatic rings. The van der Waals surface area contributed by atoms with E-state index in [1.165, 1.54) is 18.3 Å². The number of aromatic nitrogens is 2. The molecular weight excluding hydrogens is 469 g/mol. The summed E-state index contributed by atoms with van der Waals surface area (Å²) in [7, 11) is 0. The maximum Gasteiger partial charge on any atom is 0.416 e. The standard InChI is InChI=1S/C23H28ClF3N6O/c24-19-16-29-22(33-9-1-2-10-33)30-20(19)21(34)28-7-4-8-31-11-13-32(14-12-31)18-6-3-5-17(15-18)23(25,26)27/h3,5-6,15-16H,1-2,4,7-14H2,(H,28,34). The molecule has 0 unspecified atom stereocenters. The van der Waals surface area contributed by atoms with Gasteiger partial charge in [0.25, 0.3) is 5.91 Å². The van der Waals surface area contributed by atoms with E-state index in [2.05, 4.69) is 20.2 Å². The molecule has 0 aliphatic carbocycles. The Hall–Kier alpha value is -2.59. The van der Waals surface area contributed by atoms with Crippen LogP contribution in [-0.4, -0.2) is 73.1 Å². The van der Waals surface area contributed by atoms with Crippen molar-refractivity contribution >= 4 is 29.1 Å². The molecular formula is C23H28ClF3N6O. The number of nitrogens with zero attached hydrogens (tertiary/aromatic N) is 5. The van der Waals surface area contributed by atoms with Crippen LogP contribution in [0.2, 0.25) is 5.02 Å². The van der Waals surface area contributed by atoms with Crippen molar-refractivity contribution in [2.24, 2.45) is 0 Å². The number of hydrogen-bond acceptors (Lipinski definition) is 6. The molecule has 184 valence electrons. The lowest BCUT2D eigenvalue weighted by atomic mass is 10.1. The molecule has 1 N–H and O–H groups in total. The van der Waals surface area contributed by atoms with Gasteiger partial charge >= 0.3 is 6.18 Å². The Morgan fingerprint density at radius 2 is 1.79 bits per heavy atom. The second-order valence-corrected chi connectivity index (χ2v) is 8.95. The fraction of sp³-hybridized carbons (Fsp3) is 0.522. The topological polar surface area (TPSA) is 64.6 Å². The minimum absolute atomic E-state index is 0.188. The van der Waals surface area contributed by atoms with Crippen molar-refractivity contribution < 1.29 is 18.0 Å². The highest BCUT2D eigenvalue weighted by Gasteiger charge is 2.31. The summed E-state index contributed by atoms with van der Waals surface area (Å²) in [6, 6.07) is 5.47. The third-order valence-corrected chi connectivity index (χ3v) is 6.46. The minimum atomic E-state index is -4.34. The molecule has 7 nitrogen and oxygen atoms in total. The third-order valence-electron chi connectivity index (χ3n) is 6.18. The van der Waals surface area contributed by atoms with E-state index in [-0.39, 0.29) is 16.6 Å². The summed E-state index contributed by atoms with van der Waals surface area (Å²) in [4.78, 5) is 27.5. The van der Waals surface area contributed by atoms with Crippen LogP contribution in [0.3, 0.4) is 0 Å². The first kappa shape index (κ1) is 24.5. The van der Waals surface area contributed by atoms with Crippen molar-refractivity contribution in [3.63, 3.8) is 0 Å². The van der Waals surface area contributed by atoms with E-state index in [0.717, 1.165) is 58.1 Å². The average molecular weight is 497 g/mol. The second kappa shape index (κ2) is 10.8. The smallest absolute Gasteiger partial charge is 0.369 e. The van der Waals surface area contributed by atoms with Gasteiger partial charge in [-0.3, -0.25) is 9.69 Å². The Kier molecular flexibility index (Phi) is 7.77. The highest BCUT2D eigenvalue weighted by molar-refractivity contribution is 6.33. The number of amides is 1. The number of carbonyl (C=O) groups excluding carboxylic acids is 1. The van der Waals surface area contributed by atoms with E-state index in [1.807, 2.05) is 9.80 Å². The number of anilines is 2. The zero-order valence-electron chi connectivity index (χ0n) is 18.8. The lowest BCUT2D eigenvalue weighted by molar-refractivity contribution is -0.137. The Bertz CT molecular complexity index is 991. The monoisotopic (exact) mass is 496 g/mol. The molecule has 2 aliphatic heterocycles. The fourth-order valence-corrected chi connectivity index (χ4v) is 4.46. The quantitative estimate of drug-likeness (QED) is 0.590. The van der Waals surface area contributed by atoms with Crippen molar-refractivity contribution in [2.75, 3.05) is 62.2 Å². The van der Waals surface area contributed by atoms with Gasteiger partial charge in [0.15, 0.2) is 5.69 Å². The number of alkyl halides is 3. The van der Waals surface area contributed by atoms with E-state index >= 15 is 0 Å². The Balaban J connectivity index is 1.21. The fourth-order valence-electron chi connectivity index (χ4n) is 4.28. The SMILES string of the molecule is O=C(NCCCN1CCN(c2cccc(C(F)(F)F)c2)CC1)c1nc(N2CCCC2)ncc1Cl. The summed E-state index contributed by atoms with van der Waals surface area (Å²) < 4.78 is 38.9. The maximum absolute atomic E-state index is 13.0. The molecule has 0 spiro atoms. The molecule has 2 aliphatic rings. The summed E-state index contributed by atoms with van der Waals surface area (Å²) in [5.74, 6) is 0.216. The molecule has 2 saturated heterocycles. The third kappa shape index (κ3) is 6.09. The Morgan fingerprint density at radius 3 is 2.50 bits per heavy atom. The summed E-state index contributed by atoms with van der Waals surface area (Å²) in [6.45, 7) is 5.84. The first-order chi connectivity index (χ1) is 16.3. The van der Waals surface area contributed by atoms with Gasteiger partial charge in [0, 0.05) is 51.5 Å². The van der Waals surface area contributed by atoms with Gasteiger partial charge in [-0.2, -0.15) is 13.2 Å². The second-order valence-electron chi connectivity index (χ2n) is 8.55. The van der Waals surface area contributed by atoms with E-state index in [9.17, 15) is 18.0 Å². The number of rotatable bonds is 7. The van der Waals surface area contributed by atoms with Crippen LogP contribution in [0.25, 0.3) is 0 Å². The van der Waals surface area contributed by atoms with E-state index in [1.54, 1.807) is 6.07 Å². The zero-order chi connectivity index (χ0) is 24.1. The molecule has 0 atom stereocenters. The number of piperazine rings is 1. The van der Waals surface area contributed by atoms with E-state index in [4.69, 9.17) is 11.6 Å². The van der Waals surface area contributed by atoms with Crippen molar-refractivity contribution in [1.82, 2.24) is 20.2 Å². The molecule has 0 saturated carbocycles. The largest absolute Gasteiger partial charge is 0.416 e. The Labute approximate surface area is 201 Å². The zero-order valence-corrected chi connectivity index (χ0v) is 19.6. The average Bonchev–Trinajstić information content (AvgIpc) is 3.37. The van der Waals surface area contributed by atoms with Crippen LogP contribution in [-0.2, 0) is 6.18 Å². The number of carbonyl (C=O) groups is 1. The van der Waals surface area contributed by atoms with Crippen LogP contribution in [0.5, 0.6) is 0 Å². The first-order valence-electron chi connectivity index (χ1n) is 11.5. The van der Waals surface area contributed by atoms with Gasteiger partial charge in [-0.1, -0.05) is 17.7 Å². The van der Waals surface area contributed by atoms with Gasteiger partial charge in [-0.25, -0.2) is 9.97 Å². The molecule has 1 amide bonds. The van der Waals surface area contributed by atoms with Crippen LogP contribution < -0.4 is 15.1 Å². The summed E-state index contributed by atoms with van der Waals surface area (Å²) in [5, 5.41) is 3.10. The summed E-state index contributed by atoms with van der Waals surface area (Å²) in [6.07, 6.45) is 0.0510. The predicted molar refractivity (Wildman–Crippen MR) is 126 cm³/mol. The summed E-state index contributed by atoms with van der Waals surface area (Å²) in [5.41, 5.74) is 0.157. The van der Waals surface area contributed by atoms with Crippen molar-refractivity contribution in [1.29, 1.82) is 0 Å². The lowest BCUT2D eigenvalue weighted by Crippen LogP contribution is -2.47. The van der Waals surface area contributed by atoms with Gasteiger partial charge in [0.05, 0.1) is 16.8 Å². The molecule has 4 rings (SSSR count). The molecule has 1 aromatic heterocycles. The number of nitrogens with one attached hydrogen (secondary N) is 1. The van der Waals surface area contributed by atoms with Gasteiger partial charge in [0.2, 0.25) is 5.95 Å². The molecule has 2 fully saturated rings. The van der Waals surface area contributed by atoms with Crippen LogP contribution in [0.15, 0.2) is 30.5 Å². The number of hydrogen-bond donors (Lipinski definition) is 1. The van der Waals surface area contributed by atoms with E-state index in [0.29, 0.717) is 31.3 Å². The van der Waals surface area contributed by atoms with Crippen molar-refractivity contribution in [3.05, 3.63) is 46.7 Å². The highest BCUT2D eigenvalue weighted by Crippen LogP contribution is 2.31. The molecule has 0 bridgehead atoms. The van der Waals surface area contributed by atoms with Gasteiger partial charge < -0.3 is 15.1 Å². The van der Waals surface area contributed by atoms with Crippen LogP contribution >= 0.6 is 11.6 Å². The van der Waals surface area contributed by atoms with Crippen LogP contribution in [0.4, 0.5) is 24.8 Å². The molecule has 0 radical (unpaired) electrons. The van der Waals surface area contributed by atoms with Gasteiger partial charge in [-0.05, 0) is 44.0 Å². The molecule has 11 heteroatoms. The predicted octanol–water partition coefficient (Wildman–Crippen LogP) is 3.69. The van der Waals surface area contributed by atoms with E-state index < -0.39 is 11.7 Å². The molecule has 1 aromatic carbocycles. The number of benzene rings is 1. The highest BCUT2D eigenvalue weighted by atomic mass is 35.5. The van der Waals surface area contributed by atoms with Crippen molar-refractivity contribution in [3.8, 4) is 0 Å². The first-order valence-corrected chi connectivity index (χ1v) is 11.9. The normalized spacial score (nSPS) is 17.3. The van der Waals surface area contributed by atoms with Gasteiger partial charge in [0.1, 0.15) is 0 Å². The lowest BCUT2D eigenvalue weighted by Gasteiger charge is -2.36. The number of halogens is 4. The van der Waals surface area contributed by atoms with Crippen LogP contribution in [0.1, 0.15) is 35.3 Å². The maximum atomic E-state index is 13.0. The minimum Gasteiger partial charge on any atom is -0.369 e. The van der Waals surface area contributed by atoms with Crippen LogP contribution in [0, 0.1) is 0 Å². The van der Waals surface area contributed by atoms with Crippen molar-refractivity contribution in [2.45, 2.75) is 25.4 Å². The Morgan fingerprint density at radius 1 is 1.06 bits per heavy atom. The molecule has 34 heavy (non-hydrogen) atoms.